The van der Waals surface area contributed by atoms with Crippen LogP contribution >= 0.6 is 24.0 Å². The summed E-state index contributed by atoms with van der Waals surface area (Å²) in [4.78, 5) is 4.23. The first-order valence-electron chi connectivity index (χ1n) is 6.76. The zero-order valence-corrected chi connectivity index (χ0v) is 14.2. The highest BCUT2D eigenvalue weighted by Gasteiger charge is 2.10. The fourth-order valence-corrected chi connectivity index (χ4v) is 1.97. The Bertz CT molecular complexity index is 630. The molecule has 0 bridgehead atoms. The number of rotatable bonds is 3. The van der Waals surface area contributed by atoms with Crippen molar-refractivity contribution in [1.82, 2.24) is 10.2 Å². The van der Waals surface area contributed by atoms with E-state index in [9.17, 15) is 0 Å². The molecule has 0 saturated carbocycles. The second kappa shape index (κ2) is 7.87. The monoisotopic (exact) mass is 415 g/mol. The maximum Gasteiger partial charge on any atom is 0.193 e. The summed E-state index contributed by atoms with van der Waals surface area (Å²) in [6, 6.07) is 7.46. The Labute approximate surface area is 145 Å². The van der Waals surface area contributed by atoms with Crippen LogP contribution in [0.2, 0.25) is 0 Å². The maximum atomic E-state index is 5.86. The van der Waals surface area contributed by atoms with Crippen molar-refractivity contribution < 1.29 is 9.47 Å². The van der Waals surface area contributed by atoms with Gasteiger partial charge in [-0.25, -0.2) is 4.99 Å². The highest BCUT2D eigenvalue weighted by Crippen LogP contribution is 2.32. The lowest BCUT2D eigenvalue weighted by Crippen LogP contribution is -2.22. The van der Waals surface area contributed by atoms with Gasteiger partial charge in [-0.05, 0) is 18.2 Å². The fraction of sp³-hybridized carbons (Fsp3) is 0.286. The number of anilines is 1. The SMILES string of the molecule is I.NC(=NCc1ccn[nH]1)Nc1ccc2c(c1)OCCCO2. The smallest absolute Gasteiger partial charge is 0.193 e. The van der Waals surface area contributed by atoms with Crippen molar-refractivity contribution >= 4 is 35.6 Å². The minimum Gasteiger partial charge on any atom is -0.490 e. The third-order valence-corrected chi connectivity index (χ3v) is 3.00. The molecule has 0 amide bonds. The number of nitrogens with two attached hydrogens (primary N) is 1. The van der Waals surface area contributed by atoms with E-state index in [1.807, 2.05) is 24.3 Å². The summed E-state index contributed by atoms with van der Waals surface area (Å²) in [5, 5.41) is 9.72. The Balaban J connectivity index is 0.00000176. The van der Waals surface area contributed by atoms with Crippen LogP contribution in [0.3, 0.4) is 0 Å². The van der Waals surface area contributed by atoms with E-state index >= 15 is 0 Å². The number of fused-ring (bicyclic) bond motifs is 1. The summed E-state index contributed by atoms with van der Waals surface area (Å²) in [6.07, 6.45) is 2.56. The van der Waals surface area contributed by atoms with Crippen molar-refractivity contribution in [2.45, 2.75) is 13.0 Å². The van der Waals surface area contributed by atoms with Crippen LogP contribution in [-0.2, 0) is 6.54 Å². The van der Waals surface area contributed by atoms with E-state index in [0.29, 0.717) is 25.7 Å². The number of nitrogens with one attached hydrogen (secondary N) is 2. The predicted octanol–water partition coefficient (Wildman–Crippen LogP) is 2.12. The molecule has 0 aliphatic carbocycles. The standard InChI is InChI=1S/C14H17N5O2.HI/c15-14(16-9-11-4-5-17-19-11)18-10-2-3-12-13(8-10)21-7-1-6-20-12;/h2-5,8H,1,6-7,9H2,(H,17,19)(H3,15,16,18);1H. The lowest BCUT2D eigenvalue weighted by molar-refractivity contribution is 0.297. The number of H-pyrrole nitrogens is 1. The molecule has 22 heavy (non-hydrogen) atoms. The van der Waals surface area contributed by atoms with Gasteiger partial charge in [-0.2, -0.15) is 5.10 Å². The molecule has 1 aliphatic heterocycles. The molecule has 0 spiro atoms. The molecule has 0 saturated heterocycles. The first kappa shape index (κ1) is 16.4. The fourth-order valence-electron chi connectivity index (χ4n) is 1.97. The number of ether oxygens (including phenoxy) is 2. The molecule has 1 aliphatic rings. The van der Waals surface area contributed by atoms with Crippen molar-refractivity contribution in [1.29, 1.82) is 0 Å². The lowest BCUT2D eigenvalue weighted by atomic mass is 10.3. The summed E-state index contributed by atoms with van der Waals surface area (Å²) in [5.74, 6) is 1.81. The second-order valence-corrected chi connectivity index (χ2v) is 4.62. The van der Waals surface area contributed by atoms with E-state index in [2.05, 4.69) is 20.5 Å². The quantitative estimate of drug-likeness (QED) is 0.406. The zero-order valence-electron chi connectivity index (χ0n) is 11.9. The van der Waals surface area contributed by atoms with Gasteiger partial charge in [0.05, 0.1) is 25.5 Å². The van der Waals surface area contributed by atoms with Crippen LogP contribution < -0.4 is 20.5 Å². The average molecular weight is 415 g/mol. The van der Waals surface area contributed by atoms with Gasteiger partial charge in [0, 0.05) is 24.4 Å². The Hall–Kier alpha value is -1.97. The van der Waals surface area contributed by atoms with Gasteiger partial charge in [0.2, 0.25) is 0 Å². The molecule has 0 unspecified atom stereocenters. The topological polar surface area (TPSA) is 97.6 Å². The minimum absolute atomic E-state index is 0. The van der Waals surface area contributed by atoms with E-state index in [1.54, 1.807) is 6.20 Å². The highest BCUT2D eigenvalue weighted by atomic mass is 127. The van der Waals surface area contributed by atoms with Crippen molar-refractivity contribution in [3.05, 3.63) is 36.2 Å². The molecule has 0 fully saturated rings. The zero-order chi connectivity index (χ0) is 14.5. The van der Waals surface area contributed by atoms with Crippen LogP contribution in [-0.4, -0.2) is 29.4 Å². The van der Waals surface area contributed by atoms with E-state index in [1.165, 1.54) is 0 Å². The van der Waals surface area contributed by atoms with E-state index in [0.717, 1.165) is 29.3 Å². The predicted molar refractivity (Wildman–Crippen MR) is 95.0 cm³/mol. The molecule has 2 aromatic rings. The largest absolute Gasteiger partial charge is 0.490 e. The Morgan fingerprint density at radius 1 is 1.27 bits per heavy atom. The number of aromatic nitrogens is 2. The Kier molecular flexibility index (Phi) is 5.87. The molecule has 7 nitrogen and oxygen atoms in total. The van der Waals surface area contributed by atoms with Crippen molar-refractivity contribution in [3.8, 4) is 11.5 Å². The summed E-state index contributed by atoms with van der Waals surface area (Å²) >= 11 is 0. The summed E-state index contributed by atoms with van der Waals surface area (Å²) in [5.41, 5.74) is 7.57. The molecule has 4 N–H and O–H groups in total. The number of aliphatic imine (C=N–C) groups is 1. The van der Waals surface area contributed by atoms with E-state index in [4.69, 9.17) is 15.2 Å². The third-order valence-electron chi connectivity index (χ3n) is 3.00. The van der Waals surface area contributed by atoms with Crippen molar-refractivity contribution in [2.75, 3.05) is 18.5 Å². The van der Waals surface area contributed by atoms with Gasteiger partial charge in [0.25, 0.3) is 0 Å². The maximum absolute atomic E-state index is 5.86. The van der Waals surface area contributed by atoms with Gasteiger partial charge in [0.15, 0.2) is 17.5 Å². The number of aromatic amines is 1. The summed E-state index contributed by atoms with van der Waals surface area (Å²) in [7, 11) is 0. The number of nitrogens with zero attached hydrogens (tertiary/aromatic N) is 2. The minimum atomic E-state index is 0. The van der Waals surface area contributed by atoms with Crippen LogP contribution in [0.1, 0.15) is 12.1 Å². The molecule has 8 heteroatoms. The number of halogens is 1. The molecule has 118 valence electrons. The van der Waals surface area contributed by atoms with Gasteiger partial charge >= 0.3 is 0 Å². The molecular weight excluding hydrogens is 397 g/mol. The van der Waals surface area contributed by atoms with Gasteiger partial charge < -0.3 is 20.5 Å². The van der Waals surface area contributed by atoms with Gasteiger partial charge in [-0.3, -0.25) is 5.10 Å². The van der Waals surface area contributed by atoms with Crippen LogP contribution in [0.5, 0.6) is 11.5 Å². The number of hydrogen-bond acceptors (Lipinski definition) is 4. The first-order chi connectivity index (χ1) is 10.3. The van der Waals surface area contributed by atoms with Crippen LogP contribution in [0.25, 0.3) is 0 Å². The van der Waals surface area contributed by atoms with Crippen LogP contribution in [0.4, 0.5) is 5.69 Å². The molecule has 2 heterocycles. The van der Waals surface area contributed by atoms with E-state index < -0.39 is 0 Å². The van der Waals surface area contributed by atoms with Crippen molar-refractivity contribution in [2.24, 2.45) is 10.7 Å². The Morgan fingerprint density at radius 3 is 2.86 bits per heavy atom. The summed E-state index contributed by atoms with van der Waals surface area (Å²) < 4.78 is 11.2. The van der Waals surface area contributed by atoms with Gasteiger partial charge in [0.1, 0.15) is 0 Å². The lowest BCUT2D eigenvalue weighted by Gasteiger charge is -2.10. The number of hydrogen-bond donors (Lipinski definition) is 3. The normalized spacial score (nSPS) is 13.9. The van der Waals surface area contributed by atoms with Crippen molar-refractivity contribution in [3.63, 3.8) is 0 Å². The highest BCUT2D eigenvalue weighted by molar-refractivity contribution is 14.0. The van der Waals surface area contributed by atoms with Crippen LogP contribution in [0, 0.1) is 0 Å². The molecule has 0 radical (unpaired) electrons. The van der Waals surface area contributed by atoms with Gasteiger partial charge in [-0.15, -0.1) is 24.0 Å². The average Bonchev–Trinajstić information content (AvgIpc) is 2.90. The number of guanidine groups is 1. The molecule has 3 rings (SSSR count). The first-order valence-corrected chi connectivity index (χ1v) is 6.76. The second-order valence-electron chi connectivity index (χ2n) is 4.62. The molecule has 1 aromatic heterocycles. The third kappa shape index (κ3) is 4.26. The molecule has 0 atom stereocenters. The number of benzene rings is 1. The van der Waals surface area contributed by atoms with Crippen LogP contribution in [0.15, 0.2) is 35.5 Å². The van der Waals surface area contributed by atoms with E-state index in [-0.39, 0.29) is 24.0 Å². The Morgan fingerprint density at radius 2 is 2.09 bits per heavy atom. The molecule has 1 aromatic carbocycles. The van der Waals surface area contributed by atoms with Gasteiger partial charge in [-0.1, -0.05) is 0 Å². The summed E-state index contributed by atoms with van der Waals surface area (Å²) in [6.45, 7) is 1.77. The molecular formula is C14H18IN5O2.